The summed E-state index contributed by atoms with van der Waals surface area (Å²) in [6.45, 7) is 3.60. The van der Waals surface area contributed by atoms with Crippen LogP contribution in [0.25, 0.3) is 0 Å². The number of hydrogen-bond donors (Lipinski definition) is 2. The predicted molar refractivity (Wildman–Crippen MR) is 114 cm³/mol. The molecule has 0 heterocycles. The Hall–Kier alpha value is -1.97. The minimum Gasteiger partial charge on any atom is -0.495 e. The first-order valence-corrected chi connectivity index (χ1v) is 11.2. The van der Waals surface area contributed by atoms with Crippen molar-refractivity contribution in [2.45, 2.75) is 4.90 Å². The lowest BCUT2D eigenvalue weighted by molar-refractivity contribution is -0.113. The van der Waals surface area contributed by atoms with Crippen molar-refractivity contribution in [2.24, 2.45) is 0 Å². The first-order valence-electron chi connectivity index (χ1n) is 7.80. The summed E-state index contributed by atoms with van der Waals surface area (Å²) < 4.78 is 34.1. The monoisotopic (exact) mass is 470 g/mol. The van der Waals surface area contributed by atoms with Crippen LogP contribution in [0.2, 0.25) is 0 Å². The lowest BCUT2D eigenvalue weighted by Gasteiger charge is -2.14. The Labute approximate surface area is 171 Å². The Bertz CT molecular complexity index is 915. The Morgan fingerprint density at radius 1 is 1.22 bits per heavy atom. The molecule has 0 radical (unpaired) electrons. The van der Waals surface area contributed by atoms with E-state index in [1.165, 1.54) is 31.0 Å². The number of carbonyl (C=O) groups excluding carboxylic acids is 1. The number of amides is 1. The van der Waals surface area contributed by atoms with Crippen LogP contribution < -0.4 is 14.8 Å². The molecule has 144 valence electrons. The van der Waals surface area contributed by atoms with E-state index in [4.69, 9.17) is 4.74 Å². The minimum absolute atomic E-state index is 0.0653. The van der Waals surface area contributed by atoms with Crippen LogP contribution in [0.4, 0.5) is 11.4 Å². The van der Waals surface area contributed by atoms with E-state index < -0.39 is 10.0 Å². The van der Waals surface area contributed by atoms with E-state index in [9.17, 15) is 13.2 Å². The molecule has 0 saturated heterocycles. The zero-order valence-corrected chi connectivity index (χ0v) is 17.8. The Balaban J connectivity index is 2.24. The van der Waals surface area contributed by atoms with Gasteiger partial charge in [0, 0.05) is 21.6 Å². The van der Waals surface area contributed by atoms with Crippen molar-refractivity contribution in [3.05, 3.63) is 59.6 Å². The summed E-state index contributed by atoms with van der Waals surface area (Å²) >= 11 is 4.71. The number of halogens is 1. The van der Waals surface area contributed by atoms with E-state index >= 15 is 0 Å². The van der Waals surface area contributed by atoms with Crippen LogP contribution in [0.3, 0.4) is 0 Å². The van der Waals surface area contributed by atoms with Gasteiger partial charge in [0.25, 0.3) is 10.0 Å². The molecule has 2 N–H and O–H groups in total. The Kier molecular flexibility index (Phi) is 7.76. The summed E-state index contributed by atoms with van der Waals surface area (Å²) in [6.07, 6.45) is 1.71. The summed E-state index contributed by atoms with van der Waals surface area (Å²) in [5.41, 5.74) is 0.784. The summed E-state index contributed by atoms with van der Waals surface area (Å²) in [5, 5.41) is 2.69. The largest absolute Gasteiger partial charge is 0.495 e. The second kappa shape index (κ2) is 9.82. The summed E-state index contributed by atoms with van der Waals surface area (Å²) in [6, 6.07) is 11.2. The molecule has 27 heavy (non-hydrogen) atoms. The first kappa shape index (κ1) is 21.3. The predicted octanol–water partition coefficient (Wildman–Crippen LogP) is 4.12. The van der Waals surface area contributed by atoms with Gasteiger partial charge in [0.05, 0.1) is 12.9 Å². The van der Waals surface area contributed by atoms with E-state index in [2.05, 4.69) is 32.5 Å². The van der Waals surface area contributed by atoms with Gasteiger partial charge in [-0.15, -0.1) is 18.3 Å². The maximum atomic E-state index is 12.8. The van der Waals surface area contributed by atoms with Gasteiger partial charge in [0.15, 0.2) is 0 Å². The van der Waals surface area contributed by atoms with Crippen LogP contribution in [-0.2, 0) is 14.8 Å². The average molecular weight is 471 g/mol. The standard InChI is InChI=1S/C18H19BrN2O4S2/c1-3-10-26-12-18(22)20-15-8-9-16(25-2)17(11-15)27(23,24)21-14-6-4-13(19)5-7-14/h3-9,11,21H,1,10,12H2,2H3,(H,20,22). The molecule has 0 fully saturated rings. The van der Waals surface area contributed by atoms with Crippen molar-refractivity contribution in [3.8, 4) is 5.75 Å². The van der Waals surface area contributed by atoms with Crippen molar-refractivity contribution in [3.63, 3.8) is 0 Å². The van der Waals surface area contributed by atoms with Gasteiger partial charge in [-0.05, 0) is 42.5 Å². The molecule has 9 heteroatoms. The maximum absolute atomic E-state index is 12.8. The van der Waals surface area contributed by atoms with Gasteiger partial charge in [-0.25, -0.2) is 8.42 Å². The third-order valence-electron chi connectivity index (χ3n) is 3.30. The van der Waals surface area contributed by atoms with Gasteiger partial charge >= 0.3 is 0 Å². The third kappa shape index (κ3) is 6.30. The zero-order valence-electron chi connectivity index (χ0n) is 14.6. The zero-order chi connectivity index (χ0) is 19.9. The highest BCUT2D eigenvalue weighted by atomic mass is 79.9. The maximum Gasteiger partial charge on any atom is 0.265 e. The highest BCUT2D eigenvalue weighted by Gasteiger charge is 2.21. The normalized spacial score (nSPS) is 10.9. The van der Waals surface area contributed by atoms with Crippen molar-refractivity contribution >= 4 is 55.0 Å². The van der Waals surface area contributed by atoms with Gasteiger partial charge in [0.1, 0.15) is 10.6 Å². The average Bonchev–Trinajstić information content (AvgIpc) is 2.63. The number of ether oxygens (including phenoxy) is 1. The summed E-state index contributed by atoms with van der Waals surface area (Å²) in [5.74, 6) is 0.860. The quantitative estimate of drug-likeness (QED) is 0.425. The highest BCUT2D eigenvalue weighted by Crippen LogP contribution is 2.29. The SMILES string of the molecule is C=CCSCC(=O)Nc1ccc(OC)c(S(=O)(=O)Nc2ccc(Br)cc2)c1. The molecule has 0 atom stereocenters. The Morgan fingerprint density at radius 3 is 2.52 bits per heavy atom. The topological polar surface area (TPSA) is 84.5 Å². The fourth-order valence-electron chi connectivity index (χ4n) is 2.12. The molecule has 0 bridgehead atoms. The van der Waals surface area contributed by atoms with Gasteiger partial charge in [0.2, 0.25) is 5.91 Å². The number of methoxy groups -OCH3 is 1. The molecule has 2 rings (SSSR count). The smallest absolute Gasteiger partial charge is 0.265 e. The van der Waals surface area contributed by atoms with Gasteiger partial charge in [-0.2, -0.15) is 0 Å². The lowest BCUT2D eigenvalue weighted by Crippen LogP contribution is -2.17. The molecule has 0 spiro atoms. The second-order valence-electron chi connectivity index (χ2n) is 5.33. The van der Waals surface area contributed by atoms with Crippen LogP contribution in [0.15, 0.2) is 64.5 Å². The van der Waals surface area contributed by atoms with E-state index in [1.54, 1.807) is 36.4 Å². The molecule has 2 aromatic rings. The fourth-order valence-corrected chi connectivity index (χ4v) is 4.19. The third-order valence-corrected chi connectivity index (χ3v) is 6.17. The van der Waals surface area contributed by atoms with Crippen molar-refractivity contribution < 1.29 is 17.9 Å². The summed E-state index contributed by atoms with van der Waals surface area (Å²) in [4.78, 5) is 11.9. The molecule has 1 amide bonds. The van der Waals surface area contributed by atoms with Gasteiger partial charge < -0.3 is 10.1 Å². The molecular weight excluding hydrogens is 452 g/mol. The van der Waals surface area contributed by atoms with E-state index in [0.29, 0.717) is 17.1 Å². The summed E-state index contributed by atoms with van der Waals surface area (Å²) in [7, 11) is -2.52. The molecule has 0 saturated carbocycles. The first-order chi connectivity index (χ1) is 12.9. The molecule has 0 aliphatic heterocycles. The van der Waals surface area contributed by atoms with Crippen LogP contribution in [0, 0.1) is 0 Å². The van der Waals surface area contributed by atoms with Gasteiger partial charge in [-0.1, -0.05) is 22.0 Å². The second-order valence-corrected chi connectivity index (χ2v) is 8.93. The highest BCUT2D eigenvalue weighted by molar-refractivity contribution is 9.10. The van der Waals surface area contributed by atoms with Gasteiger partial charge in [-0.3, -0.25) is 9.52 Å². The van der Waals surface area contributed by atoms with Crippen LogP contribution in [0.5, 0.6) is 5.75 Å². The van der Waals surface area contributed by atoms with Crippen LogP contribution in [0.1, 0.15) is 0 Å². The van der Waals surface area contributed by atoms with Crippen LogP contribution >= 0.6 is 27.7 Å². The number of anilines is 2. The van der Waals surface area contributed by atoms with E-state index in [0.717, 1.165) is 4.47 Å². The molecule has 0 aliphatic carbocycles. The molecular formula is C18H19BrN2O4S2. The number of nitrogens with one attached hydrogen (secondary N) is 2. The minimum atomic E-state index is -3.91. The number of hydrogen-bond acceptors (Lipinski definition) is 5. The number of sulfonamides is 1. The molecule has 2 aromatic carbocycles. The van der Waals surface area contributed by atoms with Crippen molar-refractivity contribution in [1.29, 1.82) is 0 Å². The molecule has 0 unspecified atom stereocenters. The van der Waals surface area contributed by atoms with E-state index in [-0.39, 0.29) is 22.3 Å². The van der Waals surface area contributed by atoms with Crippen molar-refractivity contribution in [1.82, 2.24) is 0 Å². The molecule has 0 aliphatic rings. The number of rotatable bonds is 9. The number of carbonyl (C=O) groups is 1. The fraction of sp³-hybridized carbons (Fsp3) is 0.167. The molecule has 0 aromatic heterocycles. The number of benzene rings is 2. The van der Waals surface area contributed by atoms with Crippen molar-refractivity contribution in [2.75, 3.05) is 28.7 Å². The van der Waals surface area contributed by atoms with Crippen LogP contribution in [-0.4, -0.2) is 32.9 Å². The Morgan fingerprint density at radius 2 is 1.89 bits per heavy atom. The lowest BCUT2D eigenvalue weighted by atomic mass is 10.3. The number of thioether (sulfide) groups is 1. The molecule has 6 nitrogen and oxygen atoms in total. The van der Waals surface area contributed by atoms with E-state index in [1.807, 2.05) is 0 Å².